The van der Waals surface area contributed by atoms with Gasteiger partial charge in [0.15, 0.2) is 0 Å². The number of hydrogen-bond donors (Lipinski definition) is 2. The third kappa shape index (κ3) is 5.42. The molecule has 2 amide bonds. The maximum Gasteiger partial charge on any atom is 0.271 e. The highest BCUT2D eigenvalue weighted by atomic mass is 35.5. The van der Waals surface area contributed by atoms with Crippen molar-refractivity contribution >= 4 is 52.7 Å². The number of nitrogens with zero attached hydrogens (tertiary/aromatic N) is 2. The molecule has 0 saturated carbocycles. The topological polar surface area (TPSA) is 76.0 Å². The molecule has 2 N–H and O–H groups in total. The number of amides is 2. The normalized spacial score (nSPS) is 10.9. The minimum Gasteiger partial charge on any atom is -0.268 e. The molecule has 0 fully saturated rings. The molecule has 0 unspecified atom stereocenters. The molecule has 0 bridgehead atoms. The Hall–Kier alpha value is -2.80. The van der Waals surface area contributed by atoms with Crippen molar-refractivity contribution in [1.29, 1.82) is 0 Å². The predicted octanol–water partition coefficient (Wildman–Crippen LogP) is 4.67. The molecule has 6 nitrogen and oxygen atoms in total. The van der Waals surface area contributed by atoms with Crippen molar-refractivity contribution in [1.82, 2.24) is 20.6 Å². The number of halogens is 3. The number of aromatic nitrogens is 2. The molecule has 30 heavy (non-hydrogen) atoms. The monoisotopic (exact) mass is 462 g/mol. The third-order valence-corrected chi connectivity index (χ3v) is 5.15. The van der Waals surface area contributed by atoms with E-state index in [4.69, 9.17) is 34.8 Å². The van der Waals surface area contributed by atoms with E-state index in [1.165, 1.54) is 6.08 Å². The summed E-state index contributed by atoms with van der Waals surface area (Å²) in [6.07, 6.45) is 2.80. The standard InChI is InChI=1S/C21H17Cl3N4O2/c1-13-16(20(24)28(27-13)12-14-6-8-15(22)9-7-14)10-11-19(29)25-26-21(30)17-4-2-3-5-18(17)23/h2-11H,12H2,1H3,(H,25,29)(H,26,30)/b11-10+. The van der Waals surface area contributed by atoms with Crippen molar-refractivity contribution in [3.05, 3.63) is 92.2 Å². The van der Waals surface area contributed by atoms with Crippen molar-refractivity contribution in [2.75, 3.05) is 0 Å². The summed E-state index contributed by atoms with van der Waals surface area (Å²) in [5.41, 5.74) is 7.13. The molecule has 154 valence electrons. The van der Waals surface area contributed by atoms with Crippen LogP contribution in [-0.4, -0.2) is 21.6 Å². The molecule has 1 heterocycles. The summed E-state index contributed by atoms with van der Waals surface area (Å²) >= 11 is 18.3. The van der Waals surface area contributed by atoms with Crippen LogP contribution >= 0.6 is 34.8 Å². The molecule has 0 spiro atoms. The minimum absolute atomic E-state index is 0.255. The maximum atomic E-state index is 12.1. The first-order valence-electron chi connectivity index (χ1n) is 8.85. The Balaban J connectivity index is 1.63. The van der Waals surface area contributed by atoms with E-state index >= 15 is 0 Å². The molecule has 3 rings (SSSR count). The fourth-order valence-electron chi connectivity index (χ4n) is 2.66. The van der Waals surface area contributed by atoms with Crippen molar-refractivity contribution in [3.63, 3.8) is 0 Å². The van der Waals surface area contributed by atoms with E-state index in [1.807, 2.05) is 12.1 Å². The van der Waals surface area contributed by atoms with Crippen molar-refractivity contribution in [3.8, 4) is 0 Å². The summed E-state index contributed by atoms with van der Waals surface area (Å²) in [6.45, 7) is 2.26. The van der Waals surface area contributed by atoms with Crippen molar-refractivity contribution in [2.45, 2.75) is 13.5 Å². The number of rotatable bonds is 5. The number of carbonyl (C=O) groups is 2. The lowest BCUT2D eigenvalue weighted by Gasteiger charge is -2.06. The number of hydrogen-bond acceptors (Lipinski definition) is 3. The molecule has 0 atom stereocenters. The van der Waals surface area contributed by atoms with Crippen LogP contribution in [0.2, 0.25) is 15.2 Å². The minimum atomic E-state index is -0.531. The van der Waals surface area contributed by atoms with E-state index < -0.39 is 11.8 Å². The smallest absolute Gasteiger partial charge is 0.268 e. The van der Waals surface area contributed by atoms with Crippen LogP contribution in [0, 0.1) is 6.92 Å². The highest BCUT2D eigenvalue weighted by Gasteiger charge is 2.13. The lowest BCUT2D eigenvalue weighted by atomic mass is 10.2. The van der Waals surface area contributed by atoms with E-state index in [0.717, 1.165) is 5.56 Å². The van der Waals surface area contributed by atoms with Crippen LogP contribution in [0.1, 0.15) is 27.2 Å². The summed E-state index contributed by atoms with van der Waals surface area (Å²) in [5.74, 6) is -1.05. The first-order chi connectivity index (χ1) is 14.3. The number of benzene rings is 2. The van der Waals surface area contributed by atoms with Gasteiger partial charge in [-0.3, -0.25) is 20.4 Å². The van der Waals surface area contributed by atoms with Crippen LogP contribution < -0.4 is 10.9 Å². The van der Waals surface area contributed by atoms with E-state index in [2.05, 4.69) is 16.0 Å². The second kappa shape index (κ2) is 9.80. The zero-order valence-electron chi connectivity index (χ0n) is 15.8. The molecule has 1 aromatic heterocycles. The van der Waals surface area contributed by atoms with Gasteiger partial charge >= 0.3 is 0 Å². The SMILES string of the molecule is Cc1nn(Cc2ccc(Cl)cc2)c(Cl)c1/C=C/C(=O)NNC(=O)c1ccccc1Cl. The fourth-order valence-corrected chi connectivity index (χ4v) is 3.30. The van der Waals surface area contributed by atoms with E-state index in [9.17, 15) is 9.59 Å². The number of aryl methyl sites for hydroxylation is 1. The van der Waals surface area contributed by atoms with Gasteiger partial charge in [0.2, 0.25) is 0 Å². The quantitative estimate of drug-likeness (QED) is 0.426. The fraction of sp³-hybridized carbons (Fsp3) is 0.0952. The summed E-state index contributed by atoms with van der Waals surface area (Å²) in [7, 11) is 0. The Labute approximate surface area is 188 Å². The van der Waals surface area contributed by atoms with Crippen LogP contribution in [-0.2, 0) is 11.3 Å². The largest absolute Gasteiger partial charge is 0.271 e. The second-order valence-electron chi connectivity index (χ2n) is 6.33. The van der Waals surface area contributed by atoms with E-state index in [0.29, 0.717) is 28.0 Å². The maximum absolute atomic E-state index is 12.1. The lowest BCUT2D eigenvalue weighted by molar-refractivity contribution is -0.117. The Kier molecular flexibility index (Phi) is 7.15. The van der Waals surface area contributed by atoms with Gasteiger partial charge in [-0.05, 0) is 42.8 Å². The Bertz CT molecular complexity index is 1110. The summed E-state index contributed by atoms with van der Waals surface area (Å²) < 4.78 is 1.64. The summed E-state index contributed by atoms with van der Waals surface area (Å²) in [4.78, 5) is 24.1. The Morgan fingerprint density at radius 2 is 1.73 bits per heavy atom. The van der Waals surface area contributed by atoms with Gasteiger partial charge in [0.1, 0.15) is 5.15 Å². The first kappa shape index (κ1) is 21.9. The molecular formula is C21H17Cl3N4O2. The van der Waals surface area contributed by atoms with Crippen LogP contribution in [0.5, 0.6) is 0 Å². The van der Waals surface area contributed by atoms with Crippen LogP contribution in [0.4, 0.5) is 0 Å². The zero-order valence-corrected chi connectivity index (χ0v) is 18.1. The van der Waals surface area contributed by atoms with Gasteiger partial charge in [-0.1, -0.05) is 59.1 Å². The zero-order chi connectivity index (χ0) is 21.7. The molecule has 0 saturated heterocycles. The molecule has 0 aliphatic heterocycles. The van der Waals surface area contributed by atoms with Gasteiger partial charge in [-0.2, -0.15) is 5.10 Å². The van der Waals surface area contributed by atoms with E-state index in [-0.39, 0.29) is 10.6 Å². The molecular weight excluding hydrogens is 447 g/mol. The van der Waals surface area contributed by atoms with Gasteiger partial charge in [0.25, 0.3) is 11.8 Å². The Morgan fingerprint density at radius 3 is 2.43 bits per heavy atom. The van der Waals surface area contributed by atoms with Gasteiger partial charge in [0.05, 0.1) is 22.8 Å². The van der Waals surface area contributed by atoms with Crippen LogP contribution in [0.15, 0.2) is 54.6 Å². The first-order valence-corrected chi connectivity index (χ1v) is 9.99. The number of hydrazine groups is 1. The van der Waals surface area contributed by atoms with Crippen LogP contribution in [0.25, 0.3) is 6.08 Å². The lowest BCUT2D eigenvalue weighted by Crippen LogP contribution is -2.40. The molecule has 0 aliphatic carbocycles. The average molecular weight is 464 g/mol. The van der Waals surface area contributed by atoms with Gasteiger partial charge < -0.3 is 0 Å². The summed E-state index contributed by atoms with van der Waals surface area (Å²) in [6, 6.07) is 13.9. The molecule has 9 heteroatoms. The predicted molar refractivity (Wildman–Crippen MR) is 119 cm³/mol. The number of nitrogens with one attached hydrogen (secondary N) is 2. The molecule has 3 aromatic rings. The Morgan fingerprint density at radius 1 is 1.03 bits per heavy atom. The van der Waals surface area contributed by atoms with Gasteiger partial charge in [-0.15, -0.1) is 0 Å². The summed E-state index contributed by atoms with van der Waals surface area (Å²) in [5, 5.41) is 5.75. The highest BCUT2D eigenvalue weighted by molar-refractivity contribution is 6.34. The molecule has 0 aliphatic rings. The van der Waals surface area contributed by atoms with Crippen molar-refractivity contribution in [2.24, 2.45) is 0 Å². The van der Waals surface area contributed by atoms with Gasteiger partial charge in [-0.25, -0.2) is 4.68 Å². The second-order valence-corrected chi connectivity index (χ2v) is 7.53. The molecule has 2 aromatic carbocycles. The van der Waals surface area contributed by atoms with E-state index in [1.54, 1.807) is 54.1 Å². The highest BCUT2D eigenvalue weighted by Crippen LogP contribution is 2.22. The van der Waals surface area contributed by atoms with Crippen LogP contribution in [0.3, 0.4) is 0 Å². The third-order valence-electron chi connectivity index (χ3n) is 4.17. The average Bonchev–Trinajstić information content (AvgIpc) is 2.99. The van der Waals surface area contributed by atoms with Crippen molar-refractivity contribution < 1.29 is 9.59 Å². The number of carbonyl (C=O) groups excluding carboxylic acids is 2. The van der Waals surface area contributed by atoms with Gasteiger partial charge in [0, 0.05) is 16.7 Å². The molecule has 0 radical (unpaired) electrons.